The molecule has 0 saturated carbocycles. The van der Waals surface area contributed by atoms with Crippen molar-refractivity contribution in [2.24, 2.45) is 5.16 Å². The molecule has 0 aromatic heterocycles. The lowest BCUT2D eigenvalue weighted by molar-refractivity contribution is -0.134. The molecule has 12 heavy (non-hydrogen) atoms. The van der Waals surface area contributed by atoms with Crippen molar-refractivity contribution in [2.75, 3.05) is 13.2 Å². The standard InChI is InChI=1S/C8H15NO3/c1-3-5-6-12-9-7-8(10)11-4-2/h7H,3-6H2,1-2H3. The minimum atomic E-state index is -0.464. The number of carbonyl (C=O) groups is 1. The van der Waals surface area contributed by atoms with E-state index >= 15 is 0 Å². The van der Waals surface area contributed by atoms with E-state index in [4.69, 9.17) is 4.84 Å². The Balaban J connectivity index is 3.29. The quantitative estimate of drug-likeness (QED) is 0.263. The molecule has 0 rings (SSSR count). The van der Waals surface area contributed by atoms with Crippen molar-refractivity contribution < 1.29 is 14.4 Å². The fourth-order valence-electron chi connectivity index (χ4n) is 0.521. The maximum atomic E-state index is 10.6. The van der Waals surface area contributed by atoms with Crippen LogP contribution < -0.4 is 0 Å². The van der Waals surface area contributed by atoms with Gasteiger partial charge in [0.05, 0.1) is 6.61 Å². The molecule has 0 N–H and O–H groups in total. The Bertz CT molecular complexity index is 145. The third kappa shape index (κ3) is 7.05. The van der Waals surface area contributed by atoms with Crippen molar-refractivity contribution in [1.82, 2.24) is 0 Å². The zero-order chi connectivity index (χ0) is 9.23. The fourth-order valence-corrected chi connectivity index (χ4v) is 0.521. The highest BCUT2D eigenvalue weighted by atomic mass is 16.6. The number of oxime groups is 1. The van der Waals surface area contributed by atoms with Crippen molar-refractivity contribution in [3.63, 3.8) is 0 Å². The van der Waals surface area contributed by atoms with Gasteiger partial charge >= 0.3 is 5.97 Å². The molecule has 0 aliphatic heterocycles. The summed E-state index contributed by atoms with van der Waals surface area (Å²) < 4.78 is 4.58. The van der Waals surface area contributed by atoms with E-state index in [1.54, 1.807) is 6.92 Å². The average Bonchev–Trinajstić information content (AvgIpc) is 2.05. The molecule has 0 radical (unpaired) electrons. The van der Waals surface area contributed by atoms with Gasteiger partial charge in [0.25, 0.3) is 0 Å². The number of esters is 1. The van der Waals surface area contributed by atoms with Crippen molar-refractivity contribution in [3.8, 4) is 0 Å². The van der Waals surface area contributed by atoms with Crippen LogP contribution in [0.25, 0.3) is 0 Å². The maximum Gasteiger partial charge on any atom is 0.352 e. The van der Waals surface area contributed by atoms with Crippen molar-refractivity contribution in [3.05, 3.63) is 0 Å². The Morgan fingerprint density at radius 2 is 2.25 bits per heavy atom. The van der Waals surface area contributed by atoms with Gasteiger partial charge in [-0.25, -0.2) is 4.79 Å². The first-order valence-corrected chi connectivity index (χ1v) is 4.13. The Morgan fingerprint density at radius 1 is 1.50 bits per heavy atom. The molecule has 0 unspecified atom stereocenters. The van der Waals surface area contributed by atoms with Crippen LogP contribution in [0.4, 0.5) is 0 Å². The number of hydrogen-bond donors (Lipinski definition) is 0. The van der Waals surface area contributed by atoms with Gasteiger partial charge in [-0.05, 0) is 13.3 Å². The lowest BCUT2D eigenvalue weighted by atomic mass is 10.4. The van der Waals surface area contributed by atoms with Crippen LogP contribution in [0.1, 0.15) is 26.7 Å². The zero-order valence-corrected chi connectivity index (χ0v) is 7.58. The molecule has 4 heteroatoms. The van der Waals surface area contributed by atoms with Crippen molar-refractivity contribution in [1.29, 1.82) is 0 Å². The van der Waals surface area contributed by atoms with Crippen LogP contribution in [-0.2, 0) is 14.4 Å². The largest absolute Gasteiger partial charge is 0.462 e. The second-order valence-electron chi connectivity index (χ2n) is 2.17. The van der Waals surface area contributed by atoms with E-state index < -0.39 is 5.97 Å². The smallest absolute Gasteiger partial charge is 0.352 e. The van der Waals surface area contributed by atoms with E-state index in [1.165, 1.54) is 0 Å². The van der Waals surface area contributed by atoms with Crippen LogP contribution in [-0.4, -0.2) is 25.4 Å². The molecule has 0 aliphatic rings. The van der Waals surface area contributed by atoms with E-state index in [0.29, 0.717) is 13.2 Å². The zero-order valence-electron chi connectivity index (χ0n) is 7.58. The molecular weight excluding hydrogens is 158 g/mol. The van der Waals surface area contributed by atoms with Crippen LogP contribution in [0.2, 0.25) is 0 Å². The van der Waals surface area contributed by atoms with Crippen LogP contribution in [0, 0.1) is 0 Å². The molecular formula is C8H15NO3. The van der Waals surface area contributed by atoms with Gasteiger partial charge in [0.15, 0.2) is 6.21 Å². The summed E-state index contributed by atoms with van der Waals surface area (Å²) in [5, 5.41) is 3.43. The van der Waals surface area contributed by atoms with Crippen molar-refractivity contribution in [2.45, 2.75) is 26.7 Å². The summed E-state index contributed by atoms with van der Waals surface area (Å²) in [6.45, 7) is 4.70. The lowest BCUT2D eigenvalue weighted by Gasteiger charge is -1.96. The highest BCUT2D eigenvalue weighted by Gasteiger charge is 1.93. The Morgan fingerprint density at radius 3 is 2.83 bits per heavy atom. The third-order valence-corrected chi connectivity index (χ3v) is 1.11. The summed E-state index contributed by atoms with van der Waals surface area (Å²) in [4.78, 5) is 15.4. The van der Waals surface area contributed by atoms with Crippen LogP contribution >= 0.6 is 0 Å². The molecule has 0 aromatic rings. The summed E-state index contributed by atoms with van der Waals surface area (Å²) in [6, 6.07) is 0. The number of unbranched alkanes of at least 4 members (excludes halogenated alkanes) is 1. The van der Waals surface area contributed by atoms with Crippen molar-refractivity contribution >= 4 is 12.2 Å². The summed E-state index contributed by atoms with van der Waals surface area (Å²) in [6.07, 6.45) is 3.04. The summed E-state index contributed by atoms with van der Waals surface area (Å²) >= 11 is 0. The van der Waals surface area contributed by atoms with Gasteiger partial charge in [0, 0.05) is 0 Å². The first-order chi connectivity index (χ1) is 5.81. The Hall–Kier alpha value is -1.06. The first kappa shape index (κ1) is 10.9. The second kappa shape index (κ2) is 8.04. The predicted octanol–water partition coefficient (Wildman–Crippen LogP) is 1.35. The highest BCUT2D eigenvalue weighted by molar-refractivity contribution is 6.22. The normalized spacial score (nSPS) is 10.2. The van der Waals surface area contributed by atoms with Gasteiger partial charge in [-0.15, -0.1) is 0 Å². The van der Waals surface area contributed by atoms with Gasteiger partial charge in [0.2, 0.25) is 0 Å². The van der Waals surface area contributed by atoms with Crippen LogP contribution in [0.15, 0.2) is 5.16 Å². The van der Waals surface area contributed by atoms with E-state index in [2.05, 4.69) is 16.8 Å². The molecule has 0 spiro atoms. The SMILES string of the molecule is CCCCON=CC(=O)OCC. The topological polar surface area (TPSA) is 47.9 Å². The monoisotopic (exact) mass is 173 g/mol. The maximum absolute atomic E-state index is 10.6. The van der Waals surface area contributed by atoms with Gasteiger partial charge in [-0.1, -0.05) is 18.5 Å². The first-order valence-electron chi connectivity index (χ1n) is 4.13. The molecule has 0 heterocycles. The van der Waals surface area contributed by atoms with E-state index in [0.717, 1.165) is 19.1 Å². The van der Waals surface area contributed by atoms with Crippen LogP contribution in [0.5, 0.6) is 0 Å². The van der Waals surface area contributed by atoms with E-state index in [9.17, 15) is 4.79 Å². The molecule has 0 aliphatic carbocycles. The number of carbonyl (C=O) groups excluding carboxylic acids is 1. The minimum Gasteiger partial charge on any atom is -0.462 e. The van der Waals surface area contributed by atoms with E-state index in [1.807, 2.05) is 0 Å². The summed E-state index contributed by atoms with van der Waals surface area (Å²) in [5.41, 5.74) is 0. The molecule has 0 fully saturated rings. The predicted molar refractivity (Wildman–Crippen MR) is 46.0 cm³/mol. The fraction of sp³-hybridized carbons (Fsp3) is 0.750. The number of hydrogen-bond acceptors (Lipinski definition) is 4. The average molecular weight is 173 g/mol. The molecule has 4 nitrogen and oxygen atoms in total. The van der Waals surface area contributed by atoms with Gasteiger partial charge in [-0.2, -0.15) is 0 Å². The van der Waals surface area contributed by atoms with Gasteiger partial charge in [-0.3, -0.25) is 0 Å². The molecule has 0 atom stereocenters. The molecule has 0 saturated heterocycles. The van der Waals surface area contributed by atoms with Gasteiger partial charge < -0.3 is 9.57 Å². The number of ether oxygens (including phenoxy) is 1. The van der Waals surface area contributed by atoms with E-state index in [-0.39, 0.29) is 0 Å². The molecule has 0 aromatic carbocycles. The number of nitrogens with zero attached hydrogens (tertiary/aromatic N) is 1. The summed E-state index contributed by atoms with van der Waals surface area (Å²) in [7, 11) is 0. The molecule has 0 amide bonds. The Labute approximate surface area is 72.5 Å². The number of rotatable bonds is 6. The second-order valence-corrected chi connectivity index (χ2v) is 2.17. The van der Waals surface area contributed by atoms with Gasteiger partial charge in [0.1, 0.15) is 6.61 Å². The summed E-state index contributed by atoms with van der Waals surface area (Å²) in [5.74, 6) is -0.464. The van der Waals surface area contributed by atoms with Crippen LogP contribution in [0.3, 0.4) is 0 Å². The third-order valence-electron chi connectivity index (χ3n) is 1.11. The molecule has 0 bridgehead atoms. The highest BCUT2D eigenvalue weighted by Crippen LogP contribution is 1.87. The minimum absolute atomic E-state index is 0.361. The lowest BCUT2D eigenvalue weighted by Crippen LogP contribution is -2.05. The Kier molecular flexibility index (Phi) is 7.33. The molecule has 70 valence electrons.